The molecule has 0 bridgehead atoms. The molecule has 0 fully saturated rings. The largest absolute Gasteiger partial charge is 0.492 e. The molecule has 27 heavy (non-hydrogen) atoms. The third kappa shape index (κ3) is 9.48. The van der Waals surface area contributed by atoms with Crippen molar-refractivity contribution in [2.24, 2.45) is 5.73 Å². The van der Waals surface area contributed by atoms with Gasteiger partial charge in [-0.1, -0.05) is 38.7 Å². The third-order valence-electron chi connectivity index (χ3n) is 4.36. The Hall–Kier alpha value is -1.26. The van der Waals surface area contributed by atoms with Crippen LogP contribution in [0.1, 0.15) is 56.6 Å². The van der Waals surface area contributed by atoms with Crippen molar-refractivity contribution in [3.05, 3.63) is 29.3 Å². The Balaban J connectivity index is 2.56. The highest BCUT2D eigenvalue weighted by molar-refractivity contribution is 7.39. The van der Waals surface area contributed by atoms with Gasteiger partial charge in [0.2, 0.25) is 0 Å². The Morgan fingerprint density at radius 3 is 2.59 bits per heavy atom. The zero-order chi connectivity index (χ0) is 20.1. The Morgan fingerprint density at radius 1 is 1.22 bits per heavy atom. The monoisotopic (exact) mass is 398 g/mol. The van der Waals surface area contributed by atoms with Crippen LogP contribution in [0.15, 0.2) is 18.2 Å². The van der Waals surface area contributed by atoms with Gasteiger partial charge in [-0.15, -0.1) is 0 Å². The van der Waals surface area contributed by atoms with Gasteiger partial charge in [0, 0.05) is 0 Å². The van der Waals surface area contributed by atoms with Gasteiger partial charge < -0.3 is 29.9 Å². The number of nitrogens with zero attached hydrogens (tertiary/aromatic N) is 1. The number of nitrogens with two attached hydrogens (primary N) is 1. The van der Waals surface area contributed by atoms with E-state index < -0.39 is 14.1 Å². The predicted octanol–water partition coefficient (Wildman–Crippen LogP) is 2.76. The van der Waals surface area contributed by atoms with Crippen LogP contribution in [0.4, 0.5) is 0 Å². The molecule has 0 amide bonds. The molecule has 5 N–H and O–H groups in total. The van der Waals surface area contributed by atoms with Gasteiger partial charge in [-0.2, -0.15) is 5.26 Å². The fourth-order valence-electron chi connectivity index (χ4n) is 2.61. The van der Waals surface area contributed by atoms with Crippen LogP contribution >= 0.6 is 8.60 Å². The number of hydrogen-bond acceptors (Lipinski definition) is 7. The molecule has 0 spiro atoms. The quantitative estimate of drug-likeness (QED) is 0.280. The summed E-state index contributed by atoms with van der Waals surface area (Å²) in [4.78, 5) is 17.7. The number of aliphatic hydroxyl groups excluding tert-OH is 1. The topological polar surface area (TPSA) is 129 Å². The molecule has 0 saturated carbocycles. The second-order valence-corrected chi connectivity index (χ2v) is 7.52. The highest BCUT2D eigenvalue weighted by Crippen LogP contribution is 2.27. The van der Waals surface area contributed by atoms with Crippen LogP contribution < -0.4 is 10.5 Å². The zero-order valence-corrected chi connectivity index (χ0v) is 16.8. The lowest BCUT2D eigenvalue weighted by Gasteiger charge is -2.27. The van der Waals surface area contributed by atoms with Gasteiger partial charge in [-0.3, -0.25) is 0 Å². The molecule has 0 saturated heterocycles. The van der Waals surface area contributed by atoms with Gasteiger partial charge in [0.05, 0.1) is 30.9 Å². The molecule has 1 aromatic carbocycles. The minimum atomic E-state index is -2.51. The summed E-state index contributed by atoms with van der Waals surface area (Å²) in [7, 11) is -2.51. The molecule has 1 aromatic rings. The van der Waals surface area contributed by atoms with E-state index in [0.29, 0.717) is 30.8 Å². The highest BCUT2D eigenvalue weighted by atomic mass is 31.2. The molecule has 7 nitrogen and oxygen atoms in total. The summed E-state index contributed by atoms with van der Waals surface area (Å²) in [6.07, 6.45) is 6.62. The van der Waals surface area contributed by atoms with Crippen LogP contribution in [0.5, 0.6) is 5.75 Å². The smallest absolute Gasteiger partial charge is 0.327 e. The molecular weight excluding hydrogens is 367 g/mol. The van der Waals surface area contributed by atoms with Crippen molar-refractivity contribution >= 4 is 8.60 Å². The number of nitriles is 1. The molecule has 1 unspecified atom stereocenters. The van der Waals surface area contributed by atoms with Crippen LogP contribution in [-0.2, 0) is 10.9 Å². The standard InChI is InChI=1S/C19H31N2O5P/c1-2-3-4-5-6-11-25-18-8-7-16(12-17(18)13-20)9-10-19(21,14-22)15-26-27(23)24/h7-8,12,22-24H,2-6,9-11,14-15,21H2,1H3. The van der Waals surface area contributed by atoms with Crippen molar-refractivity contribution in [2.75, 3.05) is 19.8 Å². The molecule has 0 aromatic heterocycles. The van der Waals surface area contributed by atoms with Gasteiger partial charge in [-0.05, 0) is 37.0 Å². The van der Waals surface area contributed by atoms with Crippen molar-refractivity contribution < 1.29 is 24.2 Å². The number of hydrogen-bond donors (Lipinski definition) is 4. The lowest BCUT2D eigenvalue weighted by Crippen LogP contribution is -2.48. The maximum Gasteiger partial charge on any atom is 0.327 e. The maximum absolute atomic E-state index is 9.46. The zero-order valence-electron chi connectivity index (χ0n) is 15.9. The van der Waals surface area contributed by atoms with Crippen molar-refractivity contribution in [3.8, 4) is 11.8 Å². The summed E-state index contributed by atoms with van der Waals surface area (Å²) < 4.78 is 10.5. The van der Waals surface area contributed by atoms with Crippen molar-refractivity contribution in [1.82, 2.24) is 0 Å². The van der Waals surface area contributed by atoms with Crippen LogP contribution in [-0.4, -0.2) is 40.3 Å². The second-order valence-electron chi connectivity index (χ2n) is 6.75. The summed E-state index contributed by atoms with van der Waals surface area (Å²) in [5, 5.41) is 18.8. The van der Waals surface area contributed by atoms with E-state index in [1.807, 2.05) is 6.07 Å². The number of benzene rings is 1. The lowest BCUT2D eigenvalue weighted by atomic mass is 9.93. The average Bonchev–Trinajstić information content (AvgIpc) is 2.68. The Bertz CT molecular complexity index is 594. The van der Waals surface area contributed by atoms with E-state index in [9.17, 15) is 10.4 Å². The molecule has 1 atom stereocenters. The van der Waals surface area contributed by atoms with Crippen LogP contribution in [0, 0.1) is 11.3 Å². The number of aryl methyl sites for hydroxylation is 1. The fraction of sp³-hybridized carbons (Fsp3) is 0.632. The van der Waals surface area contributed by atoms with Crippen LogP contribution in [0.3, 0.4) is 0 Å². The van der Waals surface area contributed by atoms with Crippen molar-refractivity contribution in [2.45, 2.75) is 57.4 Å². The molecule has 152 valence electrons. The van der Waals surface area contributed by atoms with Gasteiger partial charge in [-0.25, -0.2) is 0 Å². The number of aliphatic hydroxyl groups is 1. The first-order valence-electron chi connectivity index (χ1n) is 9.30. The van der Waals surface area contributed by atoms with Crippen LogP contribution in [0.25, 0.3) is 0 Å². The SMILES string of the molecule is CCCCCCCOc1ccc(CCC(N)(CO)COP(O)O)cc1C#N. The third-order valence-corrected chi connectivity index (χ3v) is 4.72. The van der Waals surface area contributed by atoms with E-state index in [0.717, 1.165) is 18.4 Å². The first-order valence-corrected chi connectivity index (χ1v) is 10.5. The normalized spacial score (nSPS) is 13.4. The maximum atomic E-state index is 9.46. The molecule has 1 rings (SSSR count). The minimum Gasteiger partial charge on any atom is -0.492 e. The number of unbranched alkanes of at least 4 members (excludes halogenated alkanes) is 4. The predicted molar refractivity (Wildman–Crippen MR) is 105 cm³/mol. The molecule has 0 aliphatic heterocycles. The Morgan fingerprint density at radius 2 is 1.96 bits per heavy atom. The number of rotatable bonds is 14. The first kappa shape index (κ1) is 23.8. The highest BCUT2D eigenvalue weighted by Gasteiger charge is 2.26. The molecule has 8 heteroatoms. The fourth-order valence-corrected chi connectivity index (χ4v) is 2.98. The van der Waals surface area contributed by atoms with E-state index in [4.69, 9.17) is 24.8 Å². The van der Waals surface area contributed by atoms with Gasteiger partial charge in [0.1, 0.15) is 11.8 Å². The van der Waals surface area contributed by atoms with Crippen LogP contribution in [0.2, 0.25) is 0 Å². The van der Waals surface area contributed by atoms with E-state index in [-0.39, 0.29) is 13.2 Å². The summed E-state index contributed by atoms with van der Waals surface area (Å²) in [6, 6.07) is 7.57. The summed E-state index contributed by atoms with van der Waals surface area (Å²) in [5.74, 6) is 0.576. The van der Waals surface area contributed by atoms with E-state index >= 15 is 0 Å². The van der Waals surface area contributed by atoms with Gasteiger partial charge in [0.15, 0.2) is 0 Å². The van der Waals surface area contributed by atoms with E-state index in [1.165, 1.54) is 19.3 Å². The summed E-state index contributed by atoms with van der Waals surface area (Å²) in [6.45, 7) is 2.26. The first-order chi connectivity index (χ1) is 12.9. The average molecular weight is 398 g/mol. The van der Waals surface area contributed by atoms with E-state index in [1.54, 1.807) is 12.1 Å². The minimum absolute atomic E-state index is 0.160. The Kier molecular flexibility index (Phi) is 11.5. The lowest BCUT2D eigenvalue weighted by molar-refractivity contribution is 0.117. The van der Waals surface area contributed by atoms with Gasteiger partial charge in [0.25, 0.3) is 0 Å². The molecule has 0 radical (unpaired) electrons. The van der Waals surface area contributed by atoms with Crippen molar-refractivity contribution in [1.29, 1.82) is 5.26 Å². The molecular formula is C19H31N2O5P. The summed E-state index contributed by atoms with van der Waals surface area (Å²) >= 11 is 0. The van der Waals surface area contributed by atoms with Crippen molar-refractivity contribution in [3.63, 3.8) is 0 Å². The molecule has 0 aliphatic carbocycles. The Labute approximate surface area is 162 Å². The van der Waals surface area contributed by atoms with E-state index in [2.05, 4.69) is 13.0 Å². The molecule has 0 heterocycles. The summed E-state index contributed by atoms with van der Waals surface area (Å²) in [5.41, 5.74) is 6.32. The van der Waals surface area contributed by atoms with Gasteiger partial charge >= 0.3 is 8.60 Å². The number of ether oxygens (including phenoxy) is 1. The second kappa shape index (κ2) is 13.0. The molecule has 0 aliphatic rings.